The van der Waals surface area contributed by atoms with Gasteiger partial charge in [0.05, 0.1) is 25.4 Å². The van der Waals surface area contributed by atoms with Crippen molar-refractivity contribution in [2.45, 2.75) is 26.3 Å². The number of furan rings is 1. The number of aliphatic hydroxyl groups excluding tert-OH is 1. The zero-order chi connectivity index (χ0) is 24.6. The van der Waals surface area contributed by atoms with Crippen molar-refractivity contribution in [3.05, 3.63) is 88.4 Å². The maximum atomic E-state index is 13.2. The second-order valence-electron chi connectivity index (χ2n) is 8.06. The maximum absolute atomic E-state index is 13.2. The summed E-state index contributed by atoms with van der Waals surface area (Å²) in [7, 11) is 1.55. The molecule has 1 fully saturated rings. The number of nitrogens with zero attached hydrogens (tertiary/aromatic N) is 1. The van der Waals surface area contributed by atoms with Gasteiger partial charge in [0.15, 0.2) is 0 Å². The number of ether oxygens (including phenoxy) is 1. The summed E-state index contributed by atoms with van der Waals surface area (Å²) in [6, 6.07) is 12.0. The van der Waals surface area contributed by atoms with Crippen molar-refractivity contribution < 1.29 is 33.8 Å². The fourth-order valence-electron chi connectivity index (χ4n) is 4.17. The van der Waals surface area contributed by atoms with Gasteiger partial charge in [-0.2, -0.15) is 0 Å². The molecule has 2 heterocycles. The molecule has 0 saturated carbocycles. The van der Waals surface area contributed by atoms with E-state index in [-0.39, 0.29) is 17.8 Å². The summed E-state index contributed by atoms with van der Waals surface area (Å²) in [4.78, 5) is 38.6. The number of hydrogen-bond donors (Lipinski definition) is 2. The SMILES string of the molecule is COc1cc(C)c(/C(O)=C2/C(=O)C(=O)N(c3ccc(CC(=O)O)cc3)C2c2ccco2)cc1C. The molecule has 8 nitrogen and oxygen atoms in total. The van der Waals surface area contributed by atoms with Gasteiger partial charge in [-0.15, -0.1) is 0 Å². The minimum Gasteiger partial charge on any atom is -0.507 e. The van der Waals surface area contributed by atoms with Crippen molar-refractivity contribution in [3.63, 3.8) is 0 Å². The molecule has 174 valence electrons. The monoisotopic (exact) mass is 461 g/mol. The number of aliphatic carboxylic acids is 1. The average molecular weight is 461 g/mol. The second-order valence-corrected chi connectivity index (χ2v) is 8.06. The highest BCUT2D eigenvalue weighted by atomic mass is 16.5. The van der Waals surface area contributed by atoms with E-state index in [1.807, 2.05) is 6.92 Å². The topological polar surface area (TPSA) is 117 Å². The highest BCUT2D eigenvalue weighted by Gasteiger charge is 2.48. The predicted molar refractivity (Wildman–Crippen MR) is 124 cm³/mol. The van der Waals surface area contributed by atoms with E-state index >= 15 is 0 Å². The molecule has 1 atom stereocenters. The van der Waals surface area contributed by atoms with Crippen LogP contribution < -0.4 is 9.64 Å². The molecular formula is C26H23NO7. The van der Waals surface area contributed by atoms with E-state index in [9.17, 15) is 19.5 Å². The average Bonchev–Trinajstić information content (AvgIpc) is 3.42. The van der Waals surface area contributed by atoms with Gasteiger partial charge in [0.2, 0.25) is 0 Å². The van der Waals surface area contributed by atoms with E-state index in [0.29, 0.717) is 33.9 Å². The van der Waals surface area contributed by atoms with Gasteiger partial charge in [-0.25, -0.2) is 0 Å². The highest BCUT2D eigenvalue weighted by molar-refractivity contribution is 6.51. The minimum absolute atomic E-state index is 0.0952. The lowest BCUT2D eigenvalue weighted by Gasteiger charge is -2.23. The lowest BCUT2D eigenvalue weighted by atomic mass is 9.95. The van der Waals surface area contributed by atoms with Crippen LogP contribution in [0.2, 0.25) is 0 Å². The number of hydrogen-bond acceptors (Lipinski definition) is 6. The Kier molecular flexibility index (Phi) is 5.98. The van der Waals surface area contributed by atoms with Crippen molar-refractivity contribution in [2.24, 2.45) is 0 Å². The molecule has 0 aliphatic carbocycles. The van der Waals surface area contributed by atoms with Crippen LogP contribution in [0.25, 0.3) is 5.76 Å². The first kappa shape index (κ1) is 22.8. The molecule has 0 bridgehead atoms. The number of aryl methyl sites for hydroxylation is 2. The van der Waals surface area contributed by atoms with Gasteiger partial charge < -0.3 is 19.4 Å². The smallest absolute Gasteiger partial charge is 0.307 e. The molecule has 1 aromatic heterocycles. The van der Waals surface area contributed by atoms with Gasteiger partial charge in [0.25, 0.3) is 11.7 Å². The van der Waals surface area contributed by atoms with Gasteiger partial charge in [0, 0.05) is 11.3 Å². The molecule has 0 radical (unpaired) electrons. The van der Waals surface area contributed by atoms with Crippen LogP contribution in [-0.4, -0.2) is 35.0 Å². The van der Waals surface area contributed by atoms with Crippen LogP contribution in [0.15, 0.2) is 64.8 Å². The molecular weight excluding hydrogens is 438 g/mol. The first-order valence-electron chi connectivity index (χ1n) is 10.5. The summed E-state index contributed by atoms with van der Waals surface area (Å²) < 4.78 is 10.9. The van der Waals surface area contributed by atoms with Crippen LogP contribution in [-0.2, 0) is 20.8 Å². The Labute approximate surface area is 195 Å². The molecule has 1 unspecified atom stereocenters. The number of rotatable bonds is 6. The molecule has 3 aromatic rings. The third-order valence-electron chi connectivity index (χ3n) is 5.82. The van der Waals surface area contributed by atoms with Crippen LogP contribution >= 0.6 is 0 Å². The Balaban J connectivity index is 1.87. The van der Waals surface area contributed by atoms with E-state index in [4.69, 9.17) is 14.3 Å². The normalized spacial score (nSPS) is 17.3. The molecule has 1 aliphatic rings. The Morgan fingerprint density at radius 2 is 1.76 bits per heavy atom. The zero-order valence-electron chi connectivity index (χ0n) is 18.9. The van der Waals surface area contributed by atoms with E-state index in [2.05, 4.69) is 0 Å². The predicted octanol–water partition coefficient (Wildman–Crippen LogP) is 4.16. The molecule has 1 saturated heterocycles. The van der Waals surface area contributed by atoms with Gasteiger partial charge in [-0.05, 0) is 66.9 Å². The van der Waals surface area contributed by atoms with E-state index < -0.39 is 23.7 Å². The van der Waals surface area contributed by atoms with Gasteiger partial charge in [-0.3, -0.25) is 19.3 Å². The maximum Gasteiger partial charge on any atom is 0.307 e. The van der Waals surface area contributed by atoms with E-state index in [1.165, 1.54) is 11.2 Å². The summed E-state index contributed by atoms with van der Waals surface area (Å²) in [6.07, 6.45) is 1.25. The highest BCUT2D eigenvalue weighted by Crippen LogP contribution is 2.43. The fourth-order valence-corrected chi connectivity index (χ4v) is 4.17. The summed E-state index contributed by atoms with van der Waals surface area (Å²) in [6.45, 7) is 3.59. The molecule has 34 heavy (non-hydrogen) atoms. The van der Waals surface area contributed by atoms with Crippen molar-refractivity contribution in [3.8, 4) is 5.75 Å². The number of aliphatic hydroxyl groups is 1. The van der Waals surface area contributed by atoms with Crippen LogP contribution in [0.1, 0.15) is 34.1 Å². The summed E-state index contributed by atoms with van der Waals surface area (Å²) in [5.74, 6) is -2.02. The van der Waals surface area contributed by atoms with Gasteiger partial charge in [-0.1, -0.05) is 12.1 Å². The molecule has 1 amide bonds. The first-order valence-corrected chi connectivity index (χ1v) is 10.5. The molecule has 0 spiro atoms. The van der Waals surface area contributed by atoms with Crippen LogP contribution in [0, 0.1) is 13.8 Å². The number of carbonyl (C=O) groups excluding carboxylic acids is 2. The lowest BCUT2D eigenvalue weighted by Crippen LogP contribution is -2.29. The molecule has 4 rings (SSSR count). The minimum atomic E-state index is -0.998. The number of methoxy groups -OCH3 is 1. The number of amides is 1. The molecule has 2 N–H and O–H groups in total. The number of carboxylic acid groups (broad SMARTS) is 1. The van der Waals surface area contributed by atoms with Crippen LogP contribution in [0.3, 0.4) is 0 Å². The Hall–Kier alpha value is -4.33. The van der Waals surface area contributed by atoms with Crippen LogP contribution in [0.4, 0.5) is 5.69 Å². The summed E-state index contributed by atoms with van der Waals surface area (Å²) >= 11 is 0. The Morgan fingerprint density at radius 1 is 1.06 bits per heavy atom. The Bertz CT molecular complexity index is 1300. The number of Topliss-reactive ketones (excluding diaryl/α,β-unsaturated/α-hetero) is 1. The van der Waals surface area contributed by atoms with Crippen molar-refractivity contribution >= 4 is 29.1 Å². The first-order chi connectivity index (χ1) is 16.2. The van der Waals surface area contributed by atoms with Crippen molar-refractivity contribution in [1.29, 1.82) is 0 Å². The number of anilines is 1. The third kappa shape index (κ3) is 3.94. The van der Waals surface area contributed by atoms with Crippen LogP contribution in [0.5, 0.6) is 5.75 Å². The second kappa shape index (κ2) is 8.90. The molecule has 2 aromatic carbocycles. The van der Waals surface area contributed by atoms with E-state index in [1.54, 1.807) is 62.6 Å². The van der Waals surface area contributed by atoms with Gasteiger partial charge in [0.1, 0.15) is 23.3 Å². The number of ketones is 1. The quantitative estimate of drug-likeness (QED) is 0.322. The molecule has 8 heteroatoms. The van der Waals surface area contributed by atoms with Crippen molar-refractivity contribution in [1.82, 2.24) is 0 Å². The number of carbonyl (C=O) groups is 3. The van der Waals surface area contributed by atoms with E-state index in [0.717, 1.165) is 5.56 Å². The summed E-state index contributed by atoms with van der Waals surface area (Å²) in [5, 5.41) is 20.3. The van der Waals surface area contributed by atoms with Gasteiger partial charge >= 0.3 is 5.97 Å². The molecule has 1 aliphatic heterocycles. The Morgan fingerprint density at radius 3 is 2.35 bits per heavy atom. The summed E-state index contributed by atoms with van der Waals surface area (Å²) in [5.41, 5.74) is 2.66. The fraction of sp³-hybridized carbons (Fsp3) is 0.192. The largest absolute Gasteiger partial charge is 0.507 e. The standard InChI is InChI=1S/C26H23NO7/c1-14-12-20(33-3)15(2)11-18(14)24(30)22-23(19-5-4-10-34-19)27(26(32)25(22)31)17-8-6-16(7-9-17)13-21(28)29/h4-12,23,30H,13H2,1-3H3,(H,28,29)/b24-22-. The van der Waals surface area contributed by atoms with Crippen molar-refractivity contribution in [2.75, 3.05) is 12.0 Å². The zero-order valence-corrected chi connectivity index (χ0v) is 18.9. The third-order valence-corrected chi connectivity index (χ3v) is 5.82. The number of carboxylic acids is 1. The lowest BCUT2D eigenvalue weighted by molar-refractivity contribution is -0.136. The number of benzene rings is 2.